The first-order chi connectivity index (χ1) is 4.27. The van der Waals surface area contributed by atoms with Crippen molar-refractivity contribution in [1.82, 2.24) is 5.32 Å². The van der Waals surface area contributed by atoms with E-state index in [4.69, 9.17) is 11.5 Å². The van der Waals surface area contributed by atoms with Crippen molar-refractivity contribution in [2.75, 3.05) is 19.6 Å². The Labute approximate surface area is 54.6 Å². The topological polar surface area (TPSA) is 81.1 Å². The van der Waals surface area contributed by atoms with E-state index in [0.29, 0.717) is 19.5 Å². The van der Waals surface area contributed by atoms with Crippen LogP contribution in [0.5, 0.6) is 0 Å². The van der Waals surface area contributed by atoms with Crippen LogP contribution in [-0.4, -0.2) is 25.5 Å². The Hall–Kier alpha value is -0.610. The van der Waals surface area contributed by atoms with Crippen molar-refractivity contribution >= 4 is 5.91 Å². The van der Waals surface area contributed by atoms with Crippen LogP contribution in [0.15, 0.2) is 0 Å². The van der Waals surface area contributed by atoms with Crippen LogP contribution in [0, 0.1) is 0 Å². The largest absolute Gasteiger partial charge is 0.370 e. The summed E-state index contributed by atoms with van der Waals surface area (Å²) >= 11 is 0. The van der Waals surface area contributed by atoms with Gasteiger partial charge in [-0.15, -0.1) is 0 Å². The summed E-state index contributed by atoms with van der Waals surface area (Å²) in [5.74, 6) is -0.278. The van der Waals surface area contributed by atoms with Crippen molar-refractivity contribution < 1.29 is 4.79 Å². The third-order valence-electron chi connectivity index (χ3n) is 0.869. The first kappa shape index (κ1) is 8.39. The zero-order valence-electron chi connectivity index (χ0n) is 5.39. The van der Waals surface area contributed by atoms with Crippen molar-refractivity contribution in [2.24, 2.45) is 11.5 Å². The molecule has 0 bridgehead atoms. The van der Waals surface area contributed by atoms with E-state index in [0.717, 1.165) is 6.54 Å². The normalized spacial score (nSPS) is 9.44. The van der Waals surface area contributed by atoms with E-state index in [1.165, 1.54) is 0 Å². The number of carbonyl (C=O) groups excluding carboxylic acids is 1. The Morgan fingerprint density at radius 3 is 2.56 bits per heavy atom. The maximum Gasteiger partial charge on any atom is 0.218 e. The number of nitrogens with one attached hydrogen (secondary N) is 1. The molecule has 9 heavy (non-hydrogen) atoms. The van der Waals surface area contributed by atoms with E-state index >= 15 is 0 Å². The highest BCUT2D eigenvalue weighted by Crippen LogP contribution is 1.69. The van der Waals surface area contributed by atoms with Gasteiger partial charge in [-0.05, 0) is 0 Å². The molecule has 0 spiro atoms. The minimum Gasteiger partial charge on any atom is -0.370 e. The number of rotatable bonds is 5. The summed E-state index contributed by atoms with van der Waals surface area (Å²) in [5, 5.41) is 2.94. The summed E-state index contributed by atoms with van der Waals surface area (Å²) in [4.78, 5) is 10.1. The zero-order valence-corrected chi connectivity index (χ0v) is 5.39. The van der Waals surface area contributed by atoms with Gasteiger partial charge in [0, 0.05) is 26.1 Å². The van der Waals surface area contributed by atoms with Gasteiger partial charge in [0.2, 0.25) is 5.91 Å². The maximum absolute atomic E-state index is 10.1. The second-order valence-electron chi connectivity index (χ2n) is 1.75. The first-order valence-electron chi connectivity index (χ1n) is 2.96. The van der Waals surface area contributed by atoms with Gasteiger partial charge in [-0.2, -0.15) is 0 Å². The van der Waals surface area contributed by atoms with Gasteiger partial charge >= 0.3 is 0 Å². The van der Waals surface area contributed by atoms with Crippen molar-refractivity contribution in [3.05, 3.63) is 0 Å². The van der Waals surface area contributed by atoms with Crippen molar-refractivity contribution in [3.8, 4) is 0 Å². The molecule has 5 N–H and O–H groups in total. The number of primary amides is 1. The summed E-state index contributed by atoms with van der Waals surface area (Å²) in [6.07, 6.45) is 0.389. The summed E-state index contributed by atoms with van der Waals surface area (Å²) in [6.45, 7) is 1.97. The predicted molar refractivity (Wildman–Crippen MR) is 35.7 cm³/mol. The van der Waals surface area contributed by atoms with Gasteiger partial charge in [-0.1, -0.05) is 0 Å². The van der Waals surface area contributed by atoms with Crippen molar-refractivity contribution in [1.29, 1.82) is 0 Å². The highest BCUT2D eigenvalue weighted by molar-refractivity contribution is 5.73. The molecule has 54 valence electrons. The Balaban J connectivity index is 2.83. The highest BCUT2D eigenvalue weighted by Gasteiger charge is 1.90. The Bertz CT molecular complexity index is 84.3. The number of hydrogen-bond donors (Lipinski definition) is 3. The Kier molecular flexibility index (Phi) is 5.15. The summed E-state index contributed by atoms with van der Waals surface area (Å²) < 4.78 is 0. The molecule has 0 aliphatic rings. The molecule has 0 atom stereocenters. The van der Waals surface area contributed by atoms with Crippen molar-refractivity contribution in [3.63, 3.8) is 0 Å². The van der Waals surface area contributed by atoms with Crippen LogP contribution < -0.4 is 16.8 Å². The van der Waals surface area contributed by atoms with Crippen LogP contribution in [0.2, 0.25) is 0 Å². The number of nitrogens with two attached hydrogens (primary N) is 2. The third kappa shape index (κ3) is 7.39. The average molecular weight is 131 g/mol. The van der Waals surface area contributed by atoms with Crippen LogP contribution in [0.4, 0.5) is 0 Å². The molecule has 0 saturated heterocycles. The second-order valence-corrected chi connectivity index (χ2v) is 1.75. The molecule has 0 aromatic rings. The van der Waals surface area contributed by atoms with Gasteiger partial charge in [0.1, 0.15) is 0 Å². The zero-order chi connectivity index (χ0) is 7.11. The standard InChI is InChI=1S/C5H13N3O/c6-2-4-8-3-1-5(7)9/h8H,1-4,6H2,(H2,7,9). The summed E-state index contributed by atoms with van der Waals surface area (Å²) in [6, 6.07) is 0. The minimum atomic E-state index is -0.278. The second kappa shape index (κ2) is 5.53. The van der Waals surface area contributed by atoms with E-state index < -0.39 is 0 Å². The smallest absolute Gasteiger partial charge is 0.218 e. The third-order valence-corrected chi connectivity index (χ3v) is 0.869. The quantitative estimate of drug-likeness (QED) is 0.393. The molecule has 0 saturated carbocycles. The van der Waals surface area contributed by atoms with Gasteiger partial charge in [0.05, 0.1) is 0 Å². The maximum atomic E-state index is 10.1. The van der Waals surface area contributed by atoms with Gasteiger partial charge in [0.15, 0.2) is 0 Å². The highest BCUT2D eigenvalue weighted by atomic mass is 16.1. The average Bonchev–Trinajstić information content (AvgIpc) is 1.80. The van der Waals surface area contributed by atoms with E-state index in [9.17, 15) is 4.79 Å². The van der Waals surface area contributed by atoms with Crippen molar-refractivity contribution in [2.45, 2.75) is 6.42 Å². The first-order valence-corrected chi connectivity index (χ1v) is 2.96. The van der Waals surface area contributed by atoms with Crippen LogP contribution in [0.3, 0.4) is 0 Å². The molecule has 0 fully saturated rings. The lowest BCUT2D eigenvalue weighted by Gasteiger charge is -1.97. The summed E-state index contributed by atoms with van der Waals surface area (Å²) in [7, 11) is 0. The van der Waals surface area contributed by atoms with Gasteiger partial charge < -0.3 is 16.8 Å². The predicted octanol–water partition coefficient (Wildman–Crippen LogP) is -1.59. The minimum absolute atomic E-state index is 0.278. The molecular formula is C5H13N3O. The van der Waals surface area contributed by atoms with Crippen LogP contribution in [0.25, 0.3) is 0 Å². The Morgan fingerprint density at radius 2 is 2.11 bits per heavy atom. The molecule has 0 heterocycles. The fourth-order valence-corrected chi connectivity index (χ4v) is 0.439. The number of hydrogen-bond acceptors (Lipinski definition) is 3. The fourth-order valence-electron chi connectivity index (χ4n) is 0.439. The molecular weight excluding hydrogens is 118 g/mol. The molecule has 0 aliphatic heterocycles. The monoisotopic (exact) mass is 131 g/mol. The van der Waals surface area contributed by atoms with Gasteiger partial charge in [-0.25, -0.2) is 0 Å². The molecule has 4 nitrogen and oxygen atoms in total. The lowest BCUT2D eigenvalue weighted by Crippen LogP contribution is -2.26. The Morgan fingerprint density at radius 1 is 1.44 bits per heavy atom. The lowest BCUT2D eigenvalue weighted by atomic mass is 10.4. The molecule has 1 amide bonds. The number of carbonyl (C=O) groups is 1. The SMILES string of the molecule is NCCNCCC(N)=O. The molecule has 0 rings (SSSR count). The van der Waals surface area contributed by atoms with Crippen LogP contribution >= 0.6 is 0 Å². The van der Waals surface area contributed by atoms with Crippen LogP contribution in [0.1, 0.15) is 6.42 Å². The fraction of sp³-hybridized carbons (Fsp3) is 0.800. The van der Waals surface area contributed by atoms with Gasteiger partial charge in [-0.3, -0.25) is 4.79 Å². The number of amides is 1. The van der Waals surface area contributed by atoms with E-state index in [2.05, 4.69) is 5.32 Å². The lowest BCUT2D eigenvalue weighted by molar-refractivity contribution is -0.117. The molecule has 0 unspecified atom stereocenters. The molecule has 4 heteroatoms. The molecule has 0 aliphatic carbocycles. The molecule has 0 aromatic heterocycles. The van der Waals surface area contributed by atoms with Gasteiger partial charge in [0.25, 0.3) is 0 Å². The van der Waals surface area contributed by atoms with E-state index in [-0.39, 0.29) is 5.91 Å². The summed E-state index contributed by atoms with van der Waals surface area (Å²) in [5.41, 5.74) is 10.0. The van der Waals surface area contributed by atoms with Crippen LogP contribution in [-0.2, 0) is 4.79 Å². The molecule has 0 radical (unpaired) electrons. The molecule has 0 aromatic carbocycles. The van der Waals surface area contributed by atoms with E-state index in [1.807, 2.05) is 0 Å². The van der Waals surface area contributed by atoms with E-state index in [1.54, 1.807) is 0 Å².